The van der Waals surface area contributed by atoms with Crippen molar-refractivity contribution in [2.45, 2.75) is 59.0 Å². The number of rotatable bonds is 11. The van der Waals surface area contributed by atoms with Crippen LogP contribution in [0.25, 0.3) is 0 Å². The Labute approximate surface area is 166 Å². The van der Waals surface area contributed by atoms with Crippen LogP contribution >= 0.6 is 0 Å². The van der Waals surface area contributed by atoms with Crippen molar-refractivity contribution in [3.05, 3.63) is 0 Å². The van der Waals surface area contributed by atoms with Crippen LogP contribution in [0.2, 0.25) is 0 Å². The number of hydrogen-bond donors (Lipinski definition) is 2. The number of nitrogens with zero attached hydrogens (tertiary/aromatic N) is 2. The van der Waals surface area contributed by atoms with Gasteiger partial charge in [-0.2, -0.15) is 0 Å². The molecule has 1 aliphatic rings. The second kappa shape index (κ2) is 12.6. The zero-order valence-corrected chi connectivity index (χ0v) is 18.6. The summed E-state index contributed by atoms with van der Waals surface area (Å²) < 4.78 is 28.3. The van der Waals surface area contributed by atoms with Crippen LogP contribution in [0.5, 0.6) is 0 Å². The summed E-state index contributed by atoms with van der Waals surface area (Å²) in [5, 5.41) is 6.65. The molecule has 1 heterocycles. The second-order valence-electron chi connectivity index (χ2n) is 7.48. The molecular weight excluding hydrogens is 364 g/mol. The van der Waals surface area contributed by atoms with Gasteiger partial charge < -0.3 is 15.4 Å². The lowest BCUT2D eigenvalue weighted by molar-refractivity contribution is 0.00395. The molecule has 2 N–H and O–H groups in total. The summed E-state index contributed by atoms with van der Waals surface area (Å²) in [5.41, 5.74) is 0. The Kier molecular flexibility index (Phi) is 11.3. The largest absolute Gasteiger partial charge is 0.379 e. The van der Waals surface area contributed by atoms with E-state index in [1.165, 1.54) is 6.26 Å². The molecule has 0 aliphatic carbocycles. The molecule has 0 bridgehead atoms. The van der Waals surface area contributed by atoms with Gasteiger partial charge in [-0.15, -0.1) is 0 Å². The molecule has 0 aromatic carbocycles. The van der Waals surface area contributed by atoms with Gasteiger partial charge in [-0.25, -0.2) is 8.42 Å². The second-order valence-corrected chi connectivity index (χ2v) is 9.74. The monoisotopic (exact) mass is 404 g/mol. The number of aliphatic imine (C=N–C) groups is 1. The molecule has 160 valence electrons. The molecule has 27 heavy (non-hydrogen) atoms. The number of hydrogen-bond acceptors (Lipinski definition) is 5. The van der Waals surface area contributed by atoms with Crippen LogP contribution < -0.4 is 10.6 Å². The Morgan fingerprint density at radius 1 is 1.19 bits per heavy atom. The molecule has 0 saturated carbocycles. The molecule has 1 rings (SSSR count). The average Bonchev–Trinajstić information content (AvgIpc) is 2.63. The summed E-state index contributed by atoms with van der Waals surface area (Å²) in [7, 11) is -2.94. The highest BCUT2D eigenvalue weighted by molar-refractivity contribution is 7.90. The fourth-order valence-electron chi connectivity index (χ4n) is 3.51. The van der Waals surface area contributed by atoms with E-state index in [1.54, 1.807) is 0 Å². The first-order valence-corrected chi connectivity index (χ1v) is 12.4. The fourth-order valence-corrected chi connectivity index (χ4v) is 4.29. The maximum atomic E-state index is 11.4. The van der Waals surface area contributed by atoms with Gasteiger partial charge >= 0.3 is 0 Å². The zero-order chi connectivity index (χ0) is 20.3. The first-order valence-electron chi connectivity index (χ1n) is 10.3. The van der Waals surface area contributed by atoms with E-state index < -0.39 is 9.84 Å². The molecule has 2 atom stereocenters. The lowest BCUT2D eigenvalue weighted by Crippen LogP contribution is -2.49. The maximum Gasteiger partial charge on any atom is 0.191 e. The molecule has 1 aliphatic heterocycles. The molecule has 0 spiro atoms. The summed E-state index contributed by atoms with van der Waals surface area (Å²) in [6.07, 6.45) is 4.13. The molecule has 0 radical (unpaired) electrons. The number of nitrogens with one attached hydrogen (secondary N) is 2. The van der Waals surface area contributed by atoms with Gasteiger partial charge in [0.05, 0.1) is 25.5 Å². The molecule has 8 heteroatoms. The first-order chi connectivity index (χ1) is 12.8. The Bertz CT molecular complexity index is 529. The Balaban J connectivity index is 2.77. The van der Waals surface area contributed by atoms with E-state index in [2.05, 4.69) is 29.4 Å². The number of ether oxygens (including phenoxy) is 1. The molecule has 1 saturated heterocycles. The van der Waals surface area contributed by atoms with Crippen molar-refractivity contribution >= 4 is 15.8 Å². The third kappa shape index (κ3) is 9.76. The van der Waals surface area contributed by atoms with E-state index in [-0.39, 0.29) is 11.8 Å². The third-order valence-corrected chi connectivity index (χ3v) is 6.17. The topological polar surface area (TPSA) is 83.0 Å². The number of morpholine rings is 1. The lowest BCUT2D eigenvalue weighted by atomic mass is 9.92. The standard InChI is InChI=1S/C19H40N4O3S/c1-6-17(7-2)18(23-10-12-26-13-11-23)15-21-19(20-8-3)22-16(4)9-14-27(5,24)25/h16-18H,6-15H2,1-5H3,(H2,20,21,22). The van der Waals surface area contributed by atoms with Gasteiger partial charge in [0.15, 0.2) is 5.96 Å². The molecule has 0 aromatic heterocycles. The third-order valence-electron chi connectivity index (χ3n) is 5.19. The van der Waals surface area contributed by atoms with Crippen LogP contribution in [-0.2, 0) is 14.6 Å². The van der Waals surface area contributed by atoms with Crippen molar-refractivity contribution in [1.29, 1.82) is 0 Å². The Morgan fingerprint density at radius 3 is 2.33 bits per heavy atom. The molecule has 2 unspecified atom stereocenters. The zero-order valence-electron chi connectivity index (χ0n) is 17.8. The Morgan fingerprint density at radius 2 is 1.81 bits per heavy atom. The molecule has 1 fully saturated rings. The van der Waals surface area contributed by atoms with Crippen molar-refractivity contribution in [2.24, 2.45) is 10.9 Å². The smallest absolute Gasteiger partial charge is 0.191 e. The van der Waals surface area contributed by atoms with Crippen molar-refractivity contribution < 1.29 is 13.2 Å². The predicted molar refractivity (Wildman–Crippen MR) is 113 cm³/mol. The van der Waals surface area contributed by atoms with Crippen LogP contribution in [0.4, 0.5) is 0 Å². The molecule has 7 nitrogen and oxygen atoms in total. The molecule has 0 aromatic rings. The van der Waals surface area contributed by atoms with E-state index >= 15 is 0 Å². The summed E-state index contributed by atoms with van der Waals surface area (Å²) in [6.45, 7) is 13.6. The van der Waals surface area contributed by atoms with Crippen molar-refractivity contribution in [1.82, 2.24) is 15.5 Å². The number of guanidine groups is 1. The highest BCUT2D eigenvalue weighted by atomic mass is 32.2. The van der Waals surface area contributed by atoms with Gasteiger partial charge in [0.1, 0.15) is 9.84 Å². The fraction of sp³-hybridized carbons (Fsp3) is 0.947. The van der Waals surface area contributed by atoms with Gasteiger partial charge in [-0.05, 0) is 26.2 Å². The van der Waals surface area contributed by atoms with Crippen molar-refractivity contribution in [3.8, 4) is 0 Å². The van der Waals surface area contributed by atoms with Gasteiger partial charge in [-0.1, -0.05) is 26.7 Å². The highest BCUT2D eigenvalue weighted by Crippen LogP contribution is 2.20. The lowest BCUT2D eigenvalue weighted by Gasteiger charge is -2.38. The van der Waals surface area contributed by atoms with Crippen LogP contribution in [-0.4, -0.2) is 82.8 Å². The van der Waals surface area contributed by atoms with E-state index in [0.29, 0.717) is 18.4 Å². The summed E-state index contributed by atoms with van der Waals surface area (Å²) in [4.78, 5) is 7.37. The van der Waals surface area contributed by atoms with Crippen LogP contribution in [0, 0.1) is 5.92 Å². The predicted octanol–water partition coefficient (Wildman–Crippen LogP) is 1.50. The summed E-state index contributed by atoms with van der Waals surface area (Å²) in [6, 6.07) is 0.457. The van der Waals surface area contributed by atoms with Crippen molar-refractivity contribution in [2.75, 3.05) is 51.4 Å². The first kappa shape index (κ1) is 24.2. The highest BCUT2D eigenvalue weighted by Gasteiger charge is 2.26. The van der Waals surface area contributed by atoms with E-state index in [9.17, 15) is 8.42 Å². The summed E-state index contributed by atoms with van der Waals surface area (Å²) >= 11 is 0. The minimum absolute atomic E-state index is 0.0486. The quantitative estimate of drug-likeness (QED) is 0.401. The van der Waals surface area contributed by atoms with Gasteiger partial charge in [-0.3, -0.25) is 9.89 Å². The normalized spacial score (nSPS) is 19.1. The summed E-state index contributed by atoms with van der Waals surface area (Å²) in [5.74, 6) is 1.56. The van der Waals surface area contributed by atoms with E-state index in [1.807, 2.05) is 13.8 Å². The van der Waals surface area contributed by atoms with Gasteiger partial charge in [0.25, 0.3) is 0 Å². The van der Waals surface area contributed by atoms with Gasteiger partial charge in [0.2, 0.25) is 0 Å². The van der Waals surface area contributed by atoms with Gasteiger partial charge in [0, 0.05) is 38.0 Å². The number of sulfone groups is 1. The minimum atomic E-state index is -2.94. The Hall–Kier alpha value is -0.860. The molecular formula is C19H40N4O3S. The van der Waals surface area contributed by atoms with E-state index in [4.69, 9.17) is 9.73 Å². The van der Waals surface area contributed by atoms with Crippen LogP contribution in [0.15, 0.2) is 4.99 Å². The average molecular weight is 405 g/mol. The van der Waals surface area contributed by atoms with Crippen LogP contribution in [0.3, 0.4) is 0 Å². The molecule has 0 amide bonds. The SMILES string of the molecule is CCNC(=NCC(C(CC)CC)N1CCOCC1)NC(C)CCS(C)(=O)=O. The maximum absolute atomic E-state index is 11.4. The minimum Gasteiger partial charge on any atom is -0.379 e. The van der Waals surface area contributed by atoms with Crippen LogP contribution in [0.1, 0.15) is 47.0 Å². The van der Waals surface area contributed by atoms with Crippen molar-refractivity contribution in [3.63, 3.8) is 0 Å². The van der Waals surface area contributed by atoms with E-state index in [0.717, 1.165) is 58.2 Å².